The highest BCUT2D eigenvalue weighted by Gasteiger charge is 2.69. The first-order valence-electron chi connectivity index (χ1n) is 17.3. The molecule has 0 bridgehead atoms. The van der Waals surface area contributed by atoms with Gasteiger partial charge in [-0.1, -0.05) is 59.2 Å². The van der Waals surface area contributed by atoms with Crippen LogP contribution >= 0.6 is 0 Å². The van der Waals surface area contributed by atoms with Gasteiger partial charge in [-0.05, 0) is 158 Å². The van der Waals surface area contributed by atoms with E-state index in [0.29, 0.717) is 33.1 Å². The second-order valence-corrected chi connectivity index (χ2v) is 16.6. The van der Waals surface area contributed by atoms with Gasteiger partial charge in [-0.25, -0.2) is 4.79 Å². The summed E-state index contributed by atoms with van der Waals surface area (Å²) in [6.45, 7) is 16.6. The molecule has 0 radical (unpaired) electrons. The summed E-state index contributed by atoms with van der Waals surface area (Å²) < 4.78 is 0. The van der Waals surface area contributed by atoms with Crippen LogP contribution in [0.4, 0.5) is 0 Å². The van der Waals surface area contributed by atoms with Gasteiger partial charge in [0.2, 0.25) is 0 Å². The van der Waals surface area contributed by atoms with Crippen molar-refractivity contribution in [2.24, 2.45) is 50.7 Å². The number of benzene rings is 1. The molecule has 5 aliphatic carbocycles. The Kier molecular flexibility index (Phi) is 7.78. The molecule has 7 unspecified atom stereocenters. The van der Waals surface area contributed by atoms with Gasteiger partial charge in [0.15, 0.2) is 0 Å². The maximum absolute atomic E-state index is 11.5. The van der Waals surface area contributed by atoms with Crippen molar-refractivity contribution in [1.29, 1.82) is 0 Å². The summed E-state index contributed by atoms with van der Waals surface area (Å²) in [6, 6.07) is 7.66. The highest BCUT2D eigenvalue weighted by atomic mass is 16.4. The minimum absolute atomic E-state index is 0.0724. The van der Waals surface area contributed by atoms with Gasteiger partial charge in [0.25, 0.3) is 0 Å². The Balaban J connectivity index is 1.26. The van der Waals surface area contributed by atoms with Crippen molar-refractivity contribution in [2.45, 2.75) is 105 Å². The summed E-state index contributed by atoms with van der Waals surface area (Å²) in [5.41, 5.74) is 4.78. The van der Waals surface area contributed by atoms with Crippen molar-refractivity contribution in [3.05, 3.63) is 41.5 Å². The lowest BCUT2D eigenvalue weighted by Gasteiger charge is -2.72. The van der Waals surface area contributed by atoms with E-state index in [-0.39, 0.29) is 5.41 Å². The molecule has 4 fully saturated rings. The minimum Gasteiger partial charge on any atom is -0.478 e. The first-order valence-corrected chi connectivity index (χ1v) is 17.3. The molecule has 1 aromatic carbocycles. The zero-order chi connectivity index (χ0) is 30.0. The number of aromatic carboxylic acids is 1. The van der Waals surface area contributed by atoms with E-state index in [9.17, 15) is 9.90 Å². The van der Waals surface area contributed by atoms with Crippen LogP contribution in [0.1, 0.15) is 121 Å². The Morgan fingerprint density at radius 2 is 1.62 bits per heavy atom. The molecule has 0 heterocycles. The summed E-state index contributed by atoms with van der Waals surface area (Å²) >= 11 is 0. The molecule has 232 valence electrons. The zero-order valence-electron chi connectivity index (χ0n) is 27.5. The summed E-state index contributed by atoms with van der Waals surface area (Å²) in [5.74, 6) is 2.35. The van der Waals surface area contributed by atoms with Gasteiger partial charge in [-0.15, -0.1) is 0 Å². The summed E-state index contributed by atoms with van der Waals surface area (Å²) in [4.78, 5) is 11.5. The zero-order valence-corrected chi connectivity index (χ0v) is 27.5. The second-order valence-electron chi connectivity index (χ2n) is 16.6. The van der Waals surface area contributed by atoms with Gasteiger partial charge in [-0.2, -0.15) is 0 Å². The lowest BCUT2D eigenvalue weighted by Crippen LogP contribution is -2.65. The molecule has 5 aliphatic rings. The fraction of sp³-hybridized carbons (Fsp3) is 0.763. The fourth-order valence-corrected chi connectivity index (χ4v) is 12.6. The summed E-state index contributed by atoms with van der Waals surface area (Å²) in [5, 5.41) is 16.7. The van der Waals surface area contributed by atoms with E-state index in [0.717, 1.165) is 37.3 Å². The van der Waals surface area contributed by atoms with Crippen molar-refractivity contribution in [3.63, 3.8) is 0 Å². The smallest absolute Gasteiger partial charge is 0.335 e. The maximum Gasteiger partial charge on any atom is 0.335 e. The molecule has 4 nitrogen and oxygen atoms in total. The predicted molar refractivity (Wildman–Crippen MR) is 173 cm³/mol. The van der Waals surface area contributed by atoms with Crippen LogP contribution in [-0.2, 0) is 0 Å². The lowest BCUT2D eigenvalue weighted by atomic mass is 9.32. The van der Waals surface area contributed by atoms with Gasteiger partial charge >= 0.3 is 5.97 Å². The van der Waals surface area contributed by atoms with Gasteiger partial charge in [-0.3, -0.25) is 0 Å². The van der Waals surface area contributed by atoms with Crippen molar-refractivity contribution < 1.29 is 9.90 Å². The topological polar surface area (TPSA) is 61.4 Å². The first-order chi connectivity index (χ1) is 19.9. The number of allylic oxidation sites excluding steroid dienone is 2. The standard InChI is InChI=1S/C38H58N2O2/c1-34(2)28(26-10-12-27(13-11-26)33(41)42)16-19-35(3)31(34)17-20-37(5)32(35)15-14-29-30-9-7-18-38(30,22-21-36(29,37)4)25-40-24-8-23-39-6/h10-13,16,29-32,39-40H,7-9,14-15,17-25H2,1-6H3,(H,41,42)/t29?,30?,31?,32?,35?,36-,37?,38?/m1/s1. The largest absolute Gasteiger partial charge is 0.478 e. The quantitative estimate of drug-likeness (QED) is 0.273. The molecule has 3 N–H and O–H groups in total. The third-order valence-electron chi connectivity index (χ3n) is 14.8. The number of rotatable bonds is 8. The summed E-state index contributed by atoms with van der Waals surface area (Å²) in [7, 11) is 2.06. The molecule has 4 saturated carbocycles. The molecule has 0 spiro atoms. The van der Waals surface area contributed by atoms with Crippen LogP contribution in [0.15, 0.2) is 30.3 Å². The number of hydrogen-bond donors (Lipinski definition) is 3. The number of fused-ring (bicyclic) bond motifs is 7. The van der Waals surface area contributed by atoms with Crippen LogP contribution in [0.3, 0.4) is 0 Å². The normalized spacial score (nSPS) is 42.1. The van der Waals surface area contributed by atoms with Gasteiger partial charge in [0.1, 0.15) is 0 Å². The SMILES string of the molecule is CNCCCNCC12CCCC1C1CCC3C4(C)CC=C(c5ccc(C(=O)O)cc5)C(C)(C)C4CCC3(C)[C@]1(C)CC2. The fourth-order valence-electron chi connectivity index (χ4n) is 12.6. The Labute approximate surface area is 255 Å². The van der Waals surface area contributed by atoms with Crippen molar-refractivity contribution in [2.75, 3.05) is 26.7 Å². The molecule has 1 aromatic rings. The molecular weight excluding hydrogens is 516 g/mol. The Bertz CT molecular complexity index is 1200. The van der Waals surface area contributed by atoms with Crippen molar-refractivity contribution in [1.82, 2.24) is 10.6 Å². The van der Waals surface area contributed by atoms with E-state index >= 15 is 0 Å². The van der Waals surface area contributed by atoms with E-state index in [1.165, 1.54) is 81.9 Å². The highest BCUT2D eigenvalue weighted by Crippen LogP contribution is 2.77. The van der Waals surface area contributed by atoms with Crippen LogP contribution in [0.5, 0.6) is 0 Å². The van der Waals surface area contributed by atoms with E-state index < -0.39 is 5.97 Å². The van der Waals surface area contributed by atoms with E-state index in [1.807, 2.05) is 12.1 Å². The van der Waals surface area contributed by atoms with E-state index in [4.69, 9.17) is 0 Å². The lowest BCUT2D eigenvalue weighted by molar-refractivity contribution is -0.222. The van der Waals surface area contributed by atoms with Crippen molar-refractivity contribution in [3.8, 4) is 0 Å². The van der Waals surface area contributed by atoms with Crippen LogP contribution in [-0.4, -0.2) is 37.8 Å². The monoisotopic (exact) mass is 574 g/mol. The van der Waals surface area contributed by atoms with Crippen LogP contribution in [0.25, 0.3) is 5.57 Å². The molecule has 42 heavy (non-hydrogen) atoms. The third kappa shape index (κ3) is 4.39. The Hall–Kier alpha value is -1.65. The molecule has 0 aliphatic heterocycles. The highest BCUT2D eigenvalue weighted by molar-refractivity contribution is 5.88. The number of nitrogens with one attached hydrogen (secondary N) is 2. The first kappa shape index (κ1) is 30.4. The third-order valence-corrected chi connectivity index (χ3v) is 14.8. The predicted octanol–water partition coefficient (Wildman–Crippen LogP) is 8.43. The Morgan fingerprint density at radius 3 is 2.33 bits per heavy atom. The van der Waals surface area contributed by atoms with E-state index in [1.54, 1.807) is 12.1 Å². The van der Waals surface area contributed by atoms with Crippen LogP contribution < -0.4 is 10.6 Å². The average Bonchev–Trinajstić information content (AvgIpc) is 3.37. The Morgan fingerprint density at radius 1 is 0.857 bits per heavy atom. The molecule has 6 rings (SSSR count). The number of carboxylic acid groups (broad SMARTS) is 1. The molecule has 0 amide bonds. The number of hydrogen-bond acceptors (Lipinski definition) is 3. The van der Waals surface area contributed by atoms with E-state index in [2.05, 4.69) is 58.4 Å². The van der Waals surface area contributed by atoms with Crippen LogP contribution in [0.2, 0.25) is 0 Å². The summed E-state index contributed by atoms with van der Waals surface area (Å²) in [6.07, 6.45) is 17.6. The maximum atomic E-state index is 11.5. The molecule has 4 heteroatoms. The van der Waals surface area contributed by atoms with Gasteiger partial charge in [0.05, 0.1) is 5.56 Å². The van der Waals surface area contributed by atoms with Crippen molar-refractivity contribution >= 4 is 11.5 Å². The van der Waals surface area contributed by atoms with Gasteiger partial charge < -0.3 is 15.7 Å². The van der Waals surface area contributed by atoms with Gasteiger partial charge in [0, 0.05) is 6.54 Å². The average molecular weight is 575 g/mol. The molecule has 0 aromatic heterocycles. The second kappa shape index (κ2) is 10.8. The molecular formula is C38H58N2O2. The molecule has 8 atom stereocenters. The number of carboxylic acids is 1. The minimum atomic E-state index is -0.847. The van der Waals surface area contributed by atoms with Crippen LogP contribution in [0, 0.1) is 50.7 Å². The molecule has 0 saturated heterocycles. The number of carbonyl (C=O) groups is 1.